The van der Waals surface area contributed by atoms with Crippen molar-refractivity contribution in [2.45, 2.75) is 39.8 Å². The van der Waals surface area contributed by atoms with Crippen molar-refractivity contribution in [2.24, 2.45) is 5.92 Å². The van der Waals surface area contributed by atoms with E-state index >= 15 is 0 Å². The molecule has 2 atom stereocenters. The maximum atomic E-state index is 3.49. The molecule has 0 aromatic carbocycles. The van der Waals surface area contributed by atoms with Crippen LogP contribution in [0.4, 0.5) is 0 Å². The summed E-state index contributed by atoms with van der Waals surface area (Å²) < 4.78 is 0. The average Bonchev–Trinajstić information content (AvgIpc) is 1.96. The Morgan fingerprint density at radius 2 is 2.08 bits per heavy atom. The number of hydrogen-bond donors (Lipinski definition) is 1. The Hall–Kier alpha value is -0.0800. The topological polar surface area (TPSA) is 15.3 Å². The summed E-state index contributed by atoms with van der Waals surface area (Å²) in [5.74, 6) is 0.790. The fourth-order valence-corrected chi connectivity index (χ4v) is 1.82. The molecule has 1 N–H and O–H groups in total. The predicted molar refractivity (Wildman–Crippen MR) is 53.3 cm³/mol. The standard InChI is InChI=1S/C10H22N2/c1-8(2)6-12-7-9(3)11-5-10(12)4/h8-11H,5-7H2,1-4H3/t9-,10+/m0/s1. The molecule has 0 aromatic heterocycles. The van der Waals surface area contributed by atoms with Gasteiger partial charge < -0.3 is 5.32 Å². The summed E-state index contributed by atoms with van der Waals surface area (Å²) in [6.07, 6.45) is 0. The molecule has 1 fully saturated rings. The minimum atomic E-state index is 0.667. The third kappa shape index (κ3) is 2.76. The lowest BCUT2D eigenvalue weighted by atomic mass is 10.1. The summed E-state index contributed by atoms with van der Waals surface area (Å²) in [7, 11) is 0. The van der Waals surface area contributed by atoms with Crippen molar-refractivity contribution >= 4 is 0 Å². The zero-order valence-electron chi connectivity index (χ0n) is 8.80. The lowest BCUT2D eigenvalue weighted by molar-refractivity contribution is 0.131. The van der Waals surface area contributed by atoms with Crippen molar-refractivity contribution in [3.8, 4) is 0 Å². The normalized spacial score (nSPS) is 32.8. The van der Waals surface area contributed by atoms with Gasteiger partial charge >= 0.3 is 0 Å². The summed E-state index contributed by atoms with van der Waals surface area (Å²) in [6.45, 7) is 12.7. The summed E-state index contributed by atoms with van der Waals surface area (Å²) in [5.41, 5.74) is 0. The van der Waals surface area contributed by atoms with Crippen LogP contribution in [0.2, 0.25) is 0 Å². The molecular weight excluding hydrogens is 148 g/mol. The maximum absolute atomic E-state index is 3.49. The van der Waals surface area contributed by atoms with Gasteiger partial charge in [0.1, 0.15) is 0 Å². The second-order valence-electron chi connectivity index (χ2n) is 4.51. The van der Waals surface area contributed by atoms with Crippen molar-refractivity contribution in [1.29, 1.82) is 0 Å². The zero-order chi connectivity index (χ0) is 9.14. The van der Waals surface area contributed by atoms with Gasteiger partial charge in [0.2, 0.25) is 0 Å². The van der Waals surface area contributed by atoms with Crippen LogP contribution in [0.25, 0.3) is 0 Å². The van der Waals surface area contributed by atoms with Crippen LogP contribution in [0, 0.1) is 5.92 Å². The SMILES string of the molecule is CC(C)CN1C[C@H](C)NC[C@H]1C. The van der Waals surface area contributed by atoms with E-state index < -0.39 is 0 Å². The molecule has 72 valence electrons. The number of hydrogen-bond acceptors (Lipinski definition) is 2. The molecule has 0 spiro atoms. The van der Waals surface area contributed by atoms with Gasteiger partial charge in [-0.1, -0.05) is 13.8 Å². The van der Waals surface area contributed by atoms with Crippen LogP contribution in [0.5, 0.6) is 0 Å². The van der Waals surface area contributed by atoms with Gasteiger partial charge in [-0.15, -0.1) is 0 Å². The average molecular weight is 170 g/mol. The van der Waals surface area contributed by atoms with E-state index in [1.54, 1.807) is 0 Å². The Morgan fingerprint density at radius 3 is 2.67 bits per heavy atom. The molecule has 0 radical (unpaired) electrons. The third-order valence-electron chi connectivity index (χ3n) is 2.49. The molecular formula is C10H22N2. The minimum absolute atomic E-state index is 0.667. The van der Waals surface area contributed by atoms with Gasteiger partial charge in [0.25, 0.3) is 0 Å². The van der Waals surface area contributed by atoms with E-state index in [0.29, 0.717) is 12.1 Å². The molecule has 1 aliphatic rings. The minimum Gasteiger partial charge on any atom is -0.311 e. The Bertz CT molecular complexity index is 132. The van der Waals surface area contributed by atoms with Crippen molar-refractivity contribution in [1.82, 2.24) is 10.2 Å². The quantitative estimate of drug-likeness (QED) is 0.672. The third-order valence-corrected chi connectivity index (χ3v) is 2.49. The van der Waals surface area contributed by atoms with Gasteiger partial charge in [-0.2, -0.15) is 0 Å². The first kappa shape index (κ1) is 10.0. The lowest BCUT2D eigenvalue weighted by Crippen LogP contribution is -2.55. The molecule has 2 heteroatoms. The number of piperazine rings is 1. The van der Waals surface area contributed by atoms with E-state index in [4.69, 9.17) is 0 Å². The highest BCUT2D eigenvalue weighted by Crippen LogP contribution is 2.08. The molecule has 0 aromatic rings. The zero-order valence-corrected chi connectivity index (χ0v) is 8.80. The lowest BCUT2D eigenvalue weighted by Gasteiger charge is -2.38. The van der Waals surface area contributed by atoms with Crippen LogP contribution >= 0.6 is 0 Å². The van der Waals surface area contributed by atoms with Crippen molar-refractivity contribution < 1.29 is 0 Å². The molecule has 2 nitrogen and oxygen atoms in total. The van der Waals surface area contributed by atoms with Crippen LogP contribution in [0.3, 0.4) is 0 Å². The van der Waals surface area contributed by atoms with Gasteiger partial charge in [0.05, 0.1) is 0 Å². The number of rotatable bonds is 2. The highest BCUT2D eigenvalue weighted by molar-refractivity contribution is 4.81. The monoisotopic (exact) mass is 170 g/mol. The van der Waals surface area contributed by atoms with Gasteiger partial charge in [0.15, 0.2) is 0 Å². The van der Waals surface area contributed by atoms with Crippen LogP contribution in [0.15, 0.2) is 0 Å². The van der Waals surface area contributed by atoms with Gasteiger partial charge in [-0.05, 0) is 19.8 Å². The second kappa shape index (κ2) is 4.24. The first-order chi connectivity index (χ1) is 5.59. The molecule has 0 saturated carbocycles. The summed E-state index contributed by atoms with van der Waals surface area (Å²) in [5, 5.41) is 3.49. The molecule has 0 aliphatic carbocycles. The first-order valence-corrected chi connectivity index (χ1v) is 5.07. The fourth-order valence-electron chi connectivity index (χ4n) is 1.82. The summed E-state index contributed by atoms with van der Waals surface area (Å²) in [4.78, 5) is 2.59. The van der Waals surface area contributed by atoms with E-state index in [0.717, 1.165) is 12.5 Å². The van der Waals surface area contributed by atoms with E-state index in [1.807, 2.05) is 0 Å². The maximum Gasteiger partial charge on any atom is 0.0193 e. The molecule has 1 heterocycles. The molecule has 12 heavy (non-hydrogen) atoms. The number of nitrogens with zero attached hydrogens (tertiary/aromatic N) is 1. The Balaban J connectivity index is 2.38. The predicted octanol–water partition coefficient (Wildman–Crippen LogP) is 1.32. The van der Waals surface area contributed by atoms with E-state index in [1.165, 1.54) is 13.1 Å². The highest BCUT2D eigenvalue weighted by Gasteiger charge is 2.22. The summed E-state index contributed by atoms with van der Waals surface area (Å²) in [6, 6.07) is 1.38. The van der Waals surface area contributed by atoms with Gasteiger partial charge in [0, 0.05) is 31.7 Å². The van der Waals surface area contributed by atoms with E-state index in [-0.39, 0.29) is 0 Å². The Kier molecular flexibility index (Phi) is 3.53. The fraction of sp³-hybridized carbons (Fsp3) is 1.00. The van der Waals surface area contributed by atoms with Crippen LogP contribution in [-0.2, 0) is 0 Å². The van der Waals surface area contributed by atoms with Crippen LogP contribution in [-0.4, -0.2) is 36.6 Å². The Morgan fingerprint density at radius 1 is 1.42 bits per heavy atom. The molecule has 0 amide bonds. The van der Waals surface area contributed by atoms with E-state index in [9.17, 15) is 0 Å². The highest BCUT2D eigenvalue weighted by atomic mass is 15.2. The second-order valence-corrected chi connectivity index (χ2v) is 4.51. The van der Waals surface area contributed by atoms with Crippen molar-refractivity contribution in [3.63, 3.8) is 0 Å². The number of nitrogens with one attached hydrogen (secondary N) is 1. The van der Waals surface area contributed by atoms with E-state index in [2.05, 4.69) is 37.9 Å². The van der Waals surface area contributed by atoms with Gasteiger partial charge in [-0.3, -0.25) is 4.90 Å². The van der Waals surface area contributed by atoms with Crippen molar-refractivity contribution in [2.75, 3.05) is 19.6 Å². The molecule has 0 bridgehead atoms. The van der Waals surface area contributed by atoms with Crippen LogP contribution in [0.1, 0.15) is 27.7 Å². The molecule has 1 saturated heterocycles. The van der Waals surface area contributed by atoms with Gasteiger partial charge in [-0.25, -0.2) is 0 Å². The largest absolute Gasteiger partial charge is 0.311 e. The summed E-state index contributed by atoms with van der Waals surface area (Å²) >= 11 is 0. The van der Waals surface area contributed by atoms with Crippen LogP contribution < -0.4 is 5.32 Å². The molecule has 1 rings (SSSR count). The first-order valence-electron chi connectivity index (χ1n) is 5.07. The Labute approximate surface area is 76.3 Å². The smallest absolute Gasteiger partial charge is 0.0193 e. The molecule has 0 unspecified atom stereocenters. The molecule has 1 aliphatic heterocycles. The van der Waals surface area contributed by atoms with Crippen molar-refractivity contribution in [3.05, 3.63) is 0 Å².